The van der Waals surface area contributed by atoms with Gasteiger partial charge in [0.25, 0.3) is 0 Å². The number of halogens is 4. The van der Waals surface area contributed by atoms with Crippen LogP contribution in [-0.2, 0) is 4.79 Å². The summed E-state index contributed by atoms with van der Waals surface area (Å²) in [5.74, 6) is -4.90. The molecule has 2 aromatic rings. The van der Waals surface area contributed by atoms with Crippen molar-refractivity contribution < 1.29 is 22.4 Å². The van der Waals surface area contributed by atoms with Gasteiger partial charge in [0, 0.05) is 23.0 Å². The van der Waals surface area contributed by atoms with E-state index in [0.717, 1.165) is 24.3 Å². The summed E-state index contributed by atoms with van der Waals surface area (Å²) in [7, 11) is 1.53. The van der Waals surface area contributed by atoms with E-state index in [1.165, 1.54) is 24.1 Å². The molecule has 2 nitrogen and oxygen atoms in total. The van der Waals surface area contributed by atoms with Gasteiger partial charge in [-0.3, -0.25) is 9.69 Å². The minimum Gasteiger partial charge on any atom is -0.299 e. The summed E-state index contributed by atoms with van der Waals surface area (Å²) in [4.78, 5) is 14.3. The highest BCUT2D eigenvalue weighted by molar-refractivity contribution is 5.85. The summed E-state index contributed by atoms with van der Waals surface area (Å²) in [5, 5.41) is 0. The predicted octanol–water partition coefficient (Wildman–Crippen LogP) is 4.81. The molecule has 26 heavy (non-hydrogen) atoms. The fourth-order valence-electron chi connectivity index (χ4n) is 4.10. The number of Topliss-reactive ketones (excluding diaryl/α,β-unsaturated/α-hetero) is 1. The molecular formula is C20H19F4NO. The van der Waals surface area contributed by atoms with Gasteiger partial charge in [-0.05, 0) is 31.3 Å². The van der Waals surface area contributed by atoms with E-state index in [1.54, 1.807) is 13.8 Å². The van der Waals surface area contributed by atoms with Crippen molar-refractivity contribution in [3.05, 3.63) is 70.8 Å². The second-order valence-corrected chi connectivity index (χ2v) is 6.81. The molecule has 0 radical (unpaired) electrons. The smallest absolute Gasteiger partial charge is 0.142 e. The Morgan fingerprint density at radius 1 is 0.731 bits per heavy atom. The molecule has 0 unspecified atom stereocenters. The van der Waals surface area contributed by atoms with E-state index >= 15 is 0 Å². The first-order chi connectivity index (χ1) is 12.3. The number of nitrogens with zero attached hydrogens (tertiary/aromatic N) is 1. The van der Waals surface area contributed by atoms with Crippen molar-refractivity contribution in [1.82, 2.24) is 4.90 Å². The average molecular weight is 365 g/mol. The maximum Gasteiger partial charge on any atom is 0.142 e. The third-order valence-corrected chi connectivity index (χ3v) is 5.31. The molecule has 1 heterocycles. The second kappa shape index (κ2) is 6.83. The quantitative estimate of drug-likeness (QED) is 0.712. The van der Waals surface area contributed by atoms with Crippen LogP contribution in [0.15, 0.2) is 36.4 Å². The zero-order chi connectivity index (χ0) is 19.2. The van der Waals surface area contributed by atoms with Crippen LogP contribution in [0.4, 0.5) is 17.6 Å². The minimum absolute atomic E-state index is 0.260. The highest BCUT2D eigenvalue weighted by Gasteiger charge is 2.47. The summed E-state index contributed by atoms with van der Waals surface area (Å²) < 4.78 is 57.5. The average Bonchev–Trinajstić information content (AvgIpc) is 2.58. The van der Waals surface area contributed by atoms with E-state index in [1.807, 2.05) is 0 Å². The van der Waals surface area contributed by atoms with E-state index in [2.05, 4.69) is 0 Å². The van der Waals surface area contributed by atoms with Crippen molar-refractivity contribution in [3.8, 4) is 0 Å². The SMILES string of the molecule is C[C@@H]1C(=O)[C@H](C)[C@@H](c2c(F)cccc2F)N(C)[C@H]1c1c(F)cccc1F. The van der Waals surface area contributed by atoms with Crippen molar-refractivity contribution in [1.29, 1.82) is 0 Å². The summed E-state index contributed by atoms with van der Waals surface area (Å²) in [6.07, 6.45) is 0. The molecule has 2 aromatic carbocycles. The van der Waals surface area contributed by atoms with Gasteiger partial charge in [0.1, 0.15) is 29.1 Å². The Balaban J connectivity index is 2.18. The van der Waals surface area contributed by atoms with E-state index in [-0.39, 0.29) is 16.9 Å². The highest BCUT2D eigenvalue weighted by atomic mass is 19.1. The molecular weight excluding hydrogens is 346 g/mol. The summed E-state index contributed by atoms with van der Waals surface area (Å²) in [6, 6.07) is 4.98. The van der Waals surface area contributed by atoms with Crippen molar-refractivity contribution in [3.63, 3.8) is 0 Å². The van der Waals surface area contributed by atoms with Crippen LogP contribution in [0.5, 0.6) is 0 Å². The van der Waals surface area contributed by atoms with Gasteiger partial charge in [-0.25, -0.2) is 17.6 Å². The van der Waals surface area contributed by atoms with Crippen LogP contribution in [-0.4, -0.2) is 17.7 Å². The van der Waals surface area contributed by atoms with E-state index < -0.39 is 47.2 Å². The molecule has 1 fully saturated rings. The van der Waals surface area contributed by atoms with Crippen LogP contribution < -0.4 is 0 Å². The normalized spacial score (nSPS) is 27.0. The topological polar surface area (TPSA) is 20.3 Å². The fourth-order valence-corrected chi connectivity index (χ4v) is 4.10. The molecule has 0 bridgehead atoms. The first kappa shape index (κ1) is 18.6. The Labute approximate surface area is 149 Å². The molecule has 0 amide bonds. The van der Waals surface area contributed by atoms with Crippen LogP contribution in [0.2, 0.25) is 0 Å². The number of likely N-dealkylation sites (tertiary alicyclic amines) is 1. The molecule has 4 atom stereocenters. The monoisotopic (exact) mass is 365 g/mol. The largest absolute Gasteiger partial charge is 0.299 e. The molecule has 3 rings (SSSR count). The van der Waals surface area contributed by atoms with Gasteiger partial charge in [0.2, 0.25) is 0 Å². The van der Waals surface area contributed by atoms with Crippen LogP contribution >= 0.6 is 0 Å². The number of ketones is 1. The molecule has 0 aliphatic carbocycles. The fraction of sp³-hybridized carbons (Fsp3) is 0.350. The maximum absolute atomic E-state index is 14.4. The van der Waals surface area contributed by atoms with Crippen molar-refractivity contribution in [2.75, 3.05) is 7.05 Å². The number of hydrogen-bond acceptors (Lipinski definition) is 2. The van der Waals surface area contributed by atoms with Crippen LogP contribution in [0, 0.1) is 35.1 Å². The number of piperidine rings is 1. The zero-order valence-corrected chi connectivity index (χ0v) is 14.6. The lowest BCUT2D eigenvalue weighted by Crippen LogP contribution is -2.48. The molecule has 0 spiro atoms. The number of hydrogen-bond donors (Lipinski definition) is 0. The summed E-state index contributed by atoms with van der Waals surface area (Å²) in [6.45, 7) is 3.17. The molecule has 1 saturated heterocycles. The first-order valence-corrected chi connectivity index (χ1v) is 8.39. The third-order valence-electron chi connectivity index (χ3n) is 5.31. The molecule has 0 N–H and O–H groups in total. The van der Waals surface area contributed by atoms with E-state index in [4.69, 9.17) is 0 Å². The summed E-state index contributed by atoms with van der Waals surface area (Å²) >= 11 is 0. The van der Waals surface area contributed by atoms with Gasteiger partial charge in [-0.1, -0.05) is 26.0 Å². The van der Waals surface area contributed by atoms with E-state index in [9.17, 15) is 22.4 Å². The van der Waals surface area contributed by atoms with Gasteiger partial charge >= 0.3 is 0 Å². The number of rotatable bonds is 2. The molecule has 138 valence electrons. The van der Waals surface area contributed by atoms with Crippen LogP contribution in [0.3, 0.4) is 0 Å². The van der Waals surface area contributed by atoms with Gasteiger partial charge in [-0.15, -0.1) is 0 Å². The molecule has 1 aliphatic heterocycles. The van der Waals surface area contributed by atoms with Gasteiger partial charge in [-0.2, -0.15) is 0 Å². The second-order valence-electron chi connectivity index (χ2n) is 6.81. The highest BCUT2D eigenvalue weighted by Crippen LogP contribution is 2.47. The Morgan fingerprint density at radius 2 is 1.04 bits per heavy atom. The van der Waals surface area contributed by atoms with Gasteiger partial charge in [0.15, 0.2) is 0 Å². The van der Waals surface area contributed by atoms with Gasteiger partial charge in [0.05, 0.1) is 12.1 Å². The van der Waals surface area contributed by atoms with Crippen molar-refractivity contribution in [2.45, 2.75) is 25.9 Å². The van der Waals surface area contributed by atoms with E-state index in [0.29, 0.717) is 0 Å². The number of carbonyl (C=O) groups is 1. The van der Waals surface area contributed by atoms with Gasteiger partial charge < -0.3 is 0 Å². The Bertz CT molecular complexity index is 746. The molecule has 0 aromatic heterocycles. The molecule has 1 aliphatic rings. The first-order valence-electron chi connectivity index (χ1n) is 8.39. The Kier molecular flexibility index (Phi) is 4.88. The third kappa shape index (κ3) is 2.82. The lowest BCUT2D eigenvalue weighted by atomic mass is 9.74. The standard InChI is InChI=1S/C20H19F4NO/c1-10-18(16-12(21)6-4-7-13(16)22)25(3)19(11(2)20(10)26)17-14(23)8-5-9-15(17)24/h4-11,18-19H,1-3H3/t10-,11+,18+,19-. The minimum atomic E-state index is -0.969. The lowest BCUT2D eigenvalue weighted by molar-refractivity contribution is -0.137. The number of benzene rings is 2. The maximum atomic E-state index is 14.4. The Morgan fingerprint density at radius 3 is 1.35 bits per heavy atom. The zero-order valence-electron chi connectivity index (χ0n) is 14.6. The van der Waals surface area contributed by atoms with Crippen molar-refractivity contribution >= 4 is 5.78 Å². The Hall–Kier alpha value is -2.21. The number of carbonyl (C=O) groups excluding carboxylic acids is 1. The van der Waals surface area contributed by atoms with Crippen molar-refractivity contribution in [2.24, 2.45) is 11.8 Å². The predicted molar refractivity (Wildman–Crippen MR) is 89.3 cm³/mol. The molecule has 0 saturated carbocycles. The summed E-state index contributed by atoms with van der Waals surface area (Å²) in [5.41, 5.74) is -0.519. The lowest BCUT2D eigenvalue weighted by Gasteiger charge is -2.46. The molecule has 6 heteroatoms. The van der Waals surface area contributed by atoms with Crippen LogP contribution in [0.25, 0.3) is 0 Å². The van der Waals surface area contributed by atoms with Crippen LogP contribution in [0.1, 0.15) is 37.1 Å².